The maximum Gasteiger partial charge on any atom is 0.298 e. The van der Waals surface area contributed by atoms with Gasteiger partial charge in [-0.2, -0.15) is 14.9 Å². The molecule has 3 aromatic carbocycles. The largest absolute Gasteiger partial charge is 0.298 e. The quantitative estimate of drug-likeness (QED) is 0.299. The van der Waals surface area contributed by atoms with Gasteiger partial charge in [-0.1, -0.05) is 72.3 Å². The van der Waals surface area contributed by atoms with Crippen molar-refractivity contribution < 1.29 is 4.79 Å². The minimum Gasteiger partial charge on any atom is -0.265 e. The van der Waals surface area contributed by atoms with Crippen molar-refractivity contribution in [1.82, 2.24) is 25.2 Å². The lowest BCUT2D eigenvalue weighted by Gasteiger charge is -2.10. The van der Waals surface area contributed by atoms with Crippen molar-refractivity contribution in [3.63, 3.8) is 0 Å². The van der Waals surface area contributed by atoms with Crippen molar-refractivity contribution in [2.75, 3.05) is 0 Å². The predicted octanol–water partition coefficient (Wildman–Crippen LogP) is 4.26. The summed E-state index contributed by atoms with van der Waals surface area (Å²) >= 11 is 6.00. The van der Waals surface area contributed by atoms with E-state index < -0.39 is 11.5 Å². The molecule has 0 aliphatic carbocycles. The molecule has 0 saturated carbocycles. The average Bonchev–Trinajstić information content (AvgIpc) is 2.90. The first-order valence-electron chi connectivity index (χ1n) is 10.6. The summed E-state index contributed by atoms with van der Waals surface area (Å²) in [5, 5.41) is 9.06. The van der Waals surface area contributed by atoms with Crippen LogP contribution in [0.2, 0.25) is 5.02 Å². The number of halogens is 1. The van der Waals surface area contributed by atoms with Crippen LogP contribution in [0, 0.1) is 0 Å². The lowest BCUT2D eigenvalue weighted by molar-refractivity contribution is 0.0950. The Labute approximate surface area is 204 Å². The third-order valence-electron chi connectivity index (χ3n) is 5.14. The van der Waals surface area contributed by atoms with Crippen molar-refractivity contribution in [2.24, 2.45) is 5.10 Å². The van der Waals surface area contributed by atoms with Crippen molar-refractivity contribution in [1.29, 1.82) is 0 Å². The number of amides is 1. The molecule has 0 atom stereocenters. The molecule has 0 radical (unpaired) electrons. The maximum absolute atomic E-state index is 13.4. The number of rotatable bonds is 5. The van der Waals surface area contributed by atoms with Crippen LogP contribution in [0.25, 0.3) is 28.0 Å². The van der Waals surface area contributed by atoms with Crippen LogP contribution in [0.1, 0.15) is 16.1 Å². The molecule has 0 bridgehead atoms. The molecule has 170 valence electrons. The molecule has 5 rings (SSSR count). The van der Waals surface area contributed by atoms with E-state index in [9.17, 15) is 9.59 Å². The molecule has 0 saturated heterocycles. The number of benzene rings is 3. The lowest BCUT2D eigenvalue weighted by atomic mass is 10.2. The van der Waals surface area contributed by atoms with Gasteiger partial charge < -0.3 is 0 Å². The van der Waals surface area contributed by atoms with Gasteiger partial charge in [0.25, 0.3) is 11.5 Å². The number of aromatic nitrogens is 4. The molecule has 0 unspecified atom stereocenters. The maximum atomic E-state index is 13.4. The monoisotopic (exact) mass is 480 g/mol. The van der Waals surface area contributed by atoms with Crippen molar-refractivity contribution in [3.05, 3.63) is 118 Å². The van der Waals surface area contributed by atoms with Gasteiger partial charge in [-0.15, -0.1) is 0 Å². The number of hydrogen-bond donors (Lipinski definition) is 1. The summed E-state index contributed by atoms with van der Waals surface area (Å²) in [7, 11) is 0. The second kappa shape index (κ2) is 9.66. The van der Waals surface area contributed by atoms with Crippen LogP contribution in [-0.2, 0) is 0 Å². The SMILES string of the molecule is O=C(N/N=C/c1ccccc1)c1nn(-c2ccc(Cl)cc2)c(=O)c2nc(-c3ccccc3)ncc12. The molecule has 1 amide bonds. The summed E-state index contributed by atoms with van der Waals surface area (Å²) in [6, 6.07) is 25.1. The Morgan fingerprint density at radius 2 is 1.63 bits per heavy atom. The van der Waals surface area contributed by atoms with E-state index in [1.807, 2.05) is 60.7 Å². The Morgan fingerprint density at radius 3 is 2.34 bits per heavy atom. The molecule has 0 aliphatic heterocycles. The van der Waals surface area contributed by atoms with Gasteiger partial charge in [0.05, 0.1) is 17.3 Å². The van der Waals surface area contributed by atoms with Crippen molar-refractivity contribution in [3.8, 4) is 17.1 Å². The number of carbonyl (C=O) groups is 1. The van der Waals surface area contributed by atoms with Crippen LogP contribution in [0.4, 0.5) is 0 Å². The Balaban J connectivity index is 1.63. The van der Waals surface area contributed by atoms with Gasteiger partial charge in [0.2, 0.25) is 0 Å². The molecule has 5 aromatic rings. The van der Waals surface area contributed by atoms with Crippen molar-refractivity contribution >= 4 is 34.6 Å². The van der Waals surface area contributed by atoms with Crippen LogP contribution in [0.15, 0.2) is 101 Å². The van der Waals surface area contributed by atoms with Gasteiger partial charge in [0.15, 0.2) is 11.5 Å². The van der Waals surface area contributed by atoms with E-state index in [2.05, 4.69) is 25.6 Å². The van der Waals surface area contributed by atoms with Crippen molar-refractivity contribution in [2.45, 2.75) is 0 Å². The third-order valence-corrected chi connectivity index (χ3v) is 5.39. The molecular formula is C26H17ClN6O2. The first kappa shape index (κ1) is 22.1. The normalized spacial score (nSPS) is 11.1. The zero-order valence-corrected chi connectivity index (χ0v) is 18.9. The van der Waals surface area contributed by atoms with Gasteiger partial charge in [0, 0.05) is 16.8 Å². The van der Waals surface area contributed by atoms with Gasteiger partial charge >= 0.3 is 0 Å². The van der Waals surface area contributed by atoms with Gasteiger partial charge in [-0.25, -0.2) is 15.4 Å². The minimum absolute atomic E-state index is 0.0422. The van der Waals surface area contributed by atoms with Crippen LogP contribution in [0.5, 0.6) is 0 Å². The molecule has 8 nitrogen and oxygen atoms in total. The summed E-state index contributed by atoms with van der Waals surface area (Å²) < 4.78 is 1.12. The molecule has 0 fully saturated rings. The van der Waals surface area contributed by atoms with E-state index in [0.717, 1.165) is 15.8 Å². The second-order valence-corrected chi connectivity index (χ2v) is 7.91. The number of fused-ring (bicyclic) bond motifs is 1. The molecule has 2 heterocycles. The molecule has 0 spiro atoms. The highest BCUT2D eigenvalue weighted by Gasteiger charge is 2.20. The summed E-state index contributed by atoms with van der Waals surface area (Å²) in [5.41, 5.74) is 3.97. The standard InChI is InChI=1S/C26H17ClN6O2/c27-19-11-13-20(14-12-19)33-26(35)23-21(16-28-24(30-23)18-9-5-2-6-10-18)22(32-33)25(34)31-29-15-17-7-3-1-4-8-17/h1-16H,(H,31,34)/b29-15+. The fourth-order valence-electron chi connectivity index (χ4n) is 3.43. The molecular weight excluding hydrogens is 464 g/mol. The first-order chi connectivity index (χ1) is 17.1. The van der Waals surface area contributed by atoms with Crippen LogP contribution in [-0.4, -0.2) is 31.9 Å². The zero-order chi connectivity index (χ0) is 24.2. The van der Waals surface area contributed by atoms with Gasteiger partial charge in [0.1, 0.15) is 5.52 Å². The third kappa shape index (κ3) is 4.68. The highest BCUT2D eigenvalue weighted by Crippen LogP contribution is 2.19. The fourth-order valence-corrected chi connectivity index (χ4v) is 3.55. The summed E-state index contributed by atoms with van der Waals surface area (Å²) in [4.78, 5) is 35.3. The minimum atomic E-state index is -0.610. The van der Waals surface area contributed by atoms with Crippen LogP contribution < -0.4 is 11.0 Å². The summed E-state index contributed by atoms with van der Waals surface area (Å²) in [5.74, 6) is -0.251. The molecule has 2 aromatic heterocycles. The molecule has 0 aliphatic rings. The number of hydrogen-bond acceptors (Lipinski definition) is 6. The number of carbonyl (C=O) groups excluding carboxylic acids is 1. The number of nitrogens with one attached hydrogen (secondary N) is 1. The average molecular weight is 481 g/mol. The summed E-state index contributed by atoms with van der Waals surface area (Å²) in [6.07, 6.45) is 2.94. The van der Waals surface area contributed by atoms with E-state index in [-0.39, 0.29) is 16.6 Å². The second-order valence-electron chi connectivity index (χ2n) is 7.47. The zero-order valence-electron chi connectivity index (χ0n) is 18.2. The van der Waals surface area contributed by atoms with Gasteiger partial charge in [-0.3, -0.25) is 9.59 Å². The van der Waals surface area contributed by atoms with E-state index in [1.54, 1.807) is 24.3 Å². The van der Waals surface area contributed by atoms with E-state index in [4.69, 9.17) is 11.6 Å². The fraction of sp³-hybridized carbons (Fsp3) is 0. The Kier molecular flexibility index (Phi) is 6.11. The summed E-state index contributed by atoms with van der Waals surface area (Å²) in [6.45, 7) is 0. The van der Waals surface area contributed by atoms with E-state index >= 15 is 0 Å². The predicted molar refractivity (Wildman–Crippen MR) is 135 cm³/mol. The van der Waals surface area contributed by atoms with E-state index in [1.165, 1.54) is 12.4 Å². The highest BCUT2D eigenvalue weighted by atomic mass is 35.5. The van der Waals surface area contributed by atoms with E-state index in [0.29, 0.717) is 16.5 Å². The molecule has 35 heavy (non-hydrogen) atoms. The Bertz CT molecular complexity index is 1600. The first-order valence-corrected chi connectivity index (χ1v) is 11.0. The van der Waals surface area contributed by atoms with Crippen LogP contribution in [0.3, 0.4) is 0 Å². The topological polar surface area (TPSA) is 102 Å². The van der Waals surface area contributed by atoms with Crippen LogP contribution >= 0.6 is 11.6 Å². The Hall–Kier alpha value is -4.69. The smallest absolute Gasteiger partial charge is 0.265 e. The number of hydrazone groups is 1. The Morgan fingerprint density at radius 1 is 0.943 bits per heavy atom. The molecule has 1 N–H and O–H groups in total. The highest BCUT2D eigenvalue weighted by molar-refractivity contribution is 6.30. The lowest BCUT2D eigenvalue weighted by Crippen LogP contribution is -2.28. The molecule has 9 heteroatoms. The van der Waals surface area contributed by atoms with Gasteiger partial charge in [-0.05, 0) is 29.8 Å². The number of nitrogens with zero attached hydrogens (tertiary/aromatic N) is 5.